The average Bonchev–Trinajstić information content (AvgIpc) is 2.43. The first-order valence-corrected chi connectivity index (χ1v) is 7.95. The largest absolute Gasteiger partial charge is 0.480 e. The first kappa shape index (κ1) is 16.2. The summed E-state index contributed by atoms with van der Waals surface area (Å²) in [4.78, 5) is 15.2. The summed E-state index contributed by atoms with van der Waals surface area (Å²) in [5, 5.41) is 12.1. The summed E-state index contributed by atoms with van der Waals surface area (Å²) in [6.45, 7) is 1.53. The molecule has 0 bridgehead atoms. The van der Waals surface area contributed by atoms with E-state index >= 15 is 0 Å². The Bertz CT molecular complexity index is 831. The Morgan fingerprint density at radius 2 is 2.00 bits per heavy atom. The quantitative estimate of drug-likeness (QED) is 0.860. The summed E-state index contributed by atoms with van der Waals surface area (Å²) in [5.41, 5.74) is 1.86. The maximum atomic E-state index is 12.2. The van der Waals surface area contributed by atoms with Crippen LogP contribution in [0.3, 0.4) is 0 Å². The molecule has 0 fully saturated rings. The second-order valence-corrected chi connectivity index (χ2v) is 7.18. The minimum absolute atomic E-state index is 0.133. The molecule has 1 heterocycles. The number of benzene rings is 1. The highest BCUT2D eigenvalue weighted by Crippen LogP contribution is 2.26. The molecule has 2 rings (SSSR count). The molecule has 118 valence electrons. The highest BCUT2D eigenvalue weighted by molar-refractivity contribution is 7.89. The van der Waals surface area contributed by atoms with Crippen LogP contribution in [0, 0.1) is 6.92 Å². The predicted octanol–water partition coefficient (Wildman–Crippen LogP) is 1.29. The van der Waals surface area contributed by atoms with E-state index < -0.39 is 16.0 Å². The average molecular weight is 323 g/mol. The molecule has 2 N–H and O–H groups in total. The summed E-state index contributed by atoms with van der Waals surface area (Å²) < 4.78 is 25.5. The summed E-state index contributed by atoms with van der Waals surface area (Å²) in [6.07, 6.45) is 0. The smallest absolute Gasteiger partial charge is 0.322 e. The minimum atomic E-state index is -3.57. The second kappa shape index (κ2) is 5.90. The van der Waals surface area contributed by atoms with Crippen molar-refractivity contribution < 1.29 is 18.3 Å². The molecule has 8 heteroatoms. The van der Waals surface area contributed by atoms with E-state index in [1.807, 2.05) is 0 Å². The van der Waals surface area contributed by atoms with Gasteiger partial charge in [0.1, 0.15) is 6.54 Å². The van der Waals surface area contributed by atoms with Crippen molar-refractivity contribution in [1.82, 2.24) is 9.29 Å². The van der Waals surface area contributed by atoms with Crippen LogP contribution in [0.15, 0.2) is 29.2 Å². The van der Waals surface area contributed by atoms with Gasteiger partial charge in [-0.2, -0.15) is 0 Å². The van der Waals surface area contributed by atoms with Crippen LogP contribution in [0.1, 0.15) is 5.69 Å². The molecule has 0 atom stereocenters. The number of fused-ring (bicyclic) bond motifs is 1. The fourth-order valence-electron chi connectivity index (χ4n) is 2.03. The number of nitrogens with zero attached hydrogens (tertiary/aromatic N) is 2. The van der Waals surface area contributed by atoms with Crippen molar-refractivity contribution in [2.75, 3.05) is 26.0 Å². The van der Waals surface area contributed by atoms with Gasteiger partial charge in [-0.1, -0.05) is 0 Å². The lowest BCUT2D eigenvalue weighted by Gasteiger charge is -2.14. The van der Waals surface area contributed by atoms with Crippen LogP contribution < -0.4 is 5.32 Å². The summed E-state index contributed by atoms with van der Waals surface area (Å²) in [5.74, 6) is -1.00. The van der Waals surface area contributed by atoms with Crippen LogP contribution >= 0.6 is 0 Å². The molecule has 0 radical (unpaired) electrons. The number of rotatable bonds is 5. The van der Waals surface area contributed by atoms with E-state index in [1.165, 1.54) is 26.2 Å². The number of hydrogen-bond acceptors (Lipinski definition) is 5. The number of carboxylic acids is 1. The number of hydrogen-bond donors (Lipinski definition) is 2. The number of carboxylic acid groups (broad SMARTS) is 1. The fraction of sp³-hybridized carbons (Fsp3) is 0.286. The monoisotopic (exact) mass is 323 g/mol. The van der Waals surface area contributed by atoms with Crippen LogP contribution in [0.25, 0.3) is 10.9 Å². The summed E-state index contributed by atoms with van der Waals surface area (Å²) in [6, 6.07) is 6.30. The van der Waals surface area contributed by atoms with E-state index in [0.29, 0.717) is 22.3 Å². The lowest BCUT2D eigenvalue weighted by Crippen LogP contribution is -2.22. The number of aryl methyl sites for hydroxylation is 1. The van der Waals surface area contributed by atoms with E-state index in [0.717, 1.165) is 4.31 Å². The molecule has 1 aromatic heterocycles. The van der Waals surface area contributed by atoms with Crippen molar-refractivity contribution in [2.45, 2.75) is 11.8 Å². The van der Waals surface area contributed by atoms with E-state index in [4.69, 9.17) is 5.11 Å². The molecule has 1 aromatic carbocycles. The molecular weight excluding hydrogens is 306 g/mol. The highest BCUT2D eigenvalue weighted by Gasteiger charge is 2.18. The van der Waals surface area contributed by atoms with Gasteiger partial charge in [-0.15, -0.1) is 0 Å². The standard InChI is InChI=1S/C14H17N3O4S/c1-9-6-13(15-8-14(18)19)11-7-10(4-5-12(11)16-9)22(20,21)17(2)3/h4-7H,8H2,1-3H3,(H,15,16)(H,18,19). The Morgan fingerprint density at radius 1 is 1.32 bits per heavy atom. The van der Waals surface area contributed by atoms with Gasteiger partial charge < -0.3 is 10.4 Å². The van der Waals surface area contributed by atoms with Crippen LogP contribution in [-0.2, 0) is 14.8 Å². The molecular formula is C14H17N3O4S. The number of nitrogens with one attached hydrogen (secondary N) is 1. The van der Waals surface area contributed by atoms with Gasteiger partial charge in [0.05, 0.1) is 10.4 Å². The fourth-order valence-corrected chi connectivity index (χ4v) is 2.95. The Labute approximate surface area is 128 Å². The van der Waals surface area contributed by atoms with E-state index in [1.54, 1.807) is 19.1 Å². The number of sulfonamides is 1. The molecule has 22 heavy (non-hydrogen) atoms. The van der Waals surface area contributed by atoms with Crippen molar-refractivity contribution in [1.29, 1.82) is 0 Å². The van der Waals surface area contributed by atoms with Gasteiger partial charge in [0.15, 0.2) is 0 Å². The van der Waals surface area contributed by atoms with Crippen LogP contribution in [0.2, 0.25) is 0 Å². The first-order chi connectivity index (χ1) is 10.2. The summed E-state index contributed by atoms with van der Waals surface area (Å²) in [7, 11) is -0.655. The highest BCUT2D eigenvalue weighted by atomic mass is 32.2. The maximum Gasteiger partial charge on any atom is 0.322 e. The Hall–Kier alpha value is -2.19. The lowest BCUT2D eigenvalue weighted by molar-refractivity contribution is -0.134. The Kier molecular flexibility index (Phi) is 4.34. The van der Waals surface area contributed by atoms with Gasteiger partial charge in [0, 0.05) is 30.9 Å². The molecule has 0 amide bonds. The number of aromatic nitrogens is 1. The van der Waals surface area contributed by atoms with Gasteiger partial charge >= 0.3 is 5.97 Å². The van der Waals surface area contributed by atoms with Gasteiger partial charge in [-0.25, -0.2) is 12.7 Å². The molecule has 0 aliphatic carbocycles. The topological polar surface area (TPSA) is 99.6 Å². The molecule has 0 spiro atoms. The van der Waals surface area contributed by atoms with Crippen molar-refractivity contribution in [3.05, 3.63) is 30.0 Å². The third-order valence-electron chi connectivity index (χ3n) is 3.12. The first-order valence-electron chi connectivity index (χ1n) is 6.51. The van der Waals surface area contributed by atoms with Gasteiger partial charge in [0.2, 0.25) is 10.0 Å². The molecule has 0 aliphatic rings. The normalized spacial score (nSPS) is 11.8. The zero-order valence-corrected chi connectivity index (χ0v) is 13.3. The van der Waals surface area contributed by atoms with Crippen LogP contribution in [-0.4, -0.2) is 49.4 Å². The summed E-state index contributed by atoms with van der Waals surface area (Å²) >= 11 is 0. The molecule has 0 saturated carbocycles. The molecule has 2 aromatic rings. The third-order valence-corrected chi connectivity index (χ3v) is 4.93. The van der Waals surface area contributed by atoms with Crippen LogP contribution in [0.5, 0.6) is 0 Å². The van der Waals surface area contributed by atoms with Crippen LogP contribution in [0.4, 0.5) is 5.69 Å². The lowest BCUT2D eigenvalue weighted by atomic mass is 10.1. The van der Waals surface area contributed by atoms with E-state index in [2.05, 4.69) is 10.3 Å². The molecule has 7 nitrogen and oxygen atoms in total. The number of anilines is 1. The van der Waals surface area contributed by atoms with E-state index in [9.17, 15) is 13.2 Å². The van der Waals surface area contributed by atoms with Gasteiger partial charge in [-0.05, 0) is 31.2 Å². The van der Waals surface area contributed by atoms with Crippen molar-refractivity contribution >= 4 is 32.6 Å². The SMILES string of the molecule is Cc1cc(NCC(=O)O)c2cc(S(=O)(=O)N(C)C)ccc2n1. The van der Waals surface area contributed by atoms with Crippen molar-refractivity contribution in [3.63, 3.8) is 0 Å². The van der Waals surface area contributed by atoms with Crippen molar-refractivity contribution in [3.8, 4) is 0 Å². The zero-order chi connectivity index (χ0) is 16.5. The number of aliphatic carboxylic acids is 1. The second-order valence-electron chi connectivity index (χ2n) is 5.02. The van der Waals surface area contributed by atoms with Gasteiger partial charge in [0.25, 0.3) is 0 Å². The molecule has 0 saturated heterocycles. The maximum absolute atomic E-state index is 12.2. The van der Waals surface area contributed by atoms with Crippen molar-refractivity contribution in [2.24, 2.45) is 0 Å². The molecule has 0 aliphatic heterocycles. The minimum Gasteiger partial charge on any atom is -0.480 e. The number of pyridine rings is 1. The van der Waals surface area contributed by atoms with Gasteiger partial charge in [-0.3, -0.25) is 9.78 Å². The number of carbonyl (C=O) groups is 1. The predicted molar refractivity (Wildman–Crippen MR) is 83.5 cm³/mol. The third kappa shape index (κ3) is 3.18. The van der Waals surface area contributed by atoms with E-state index in [-0.39, 0.29) is 11.4 Å². The Balaban J connectivity index is 2.61. The Morgan fingerprint density at radius 3 is 2.59 bits per heavy atom. The zero-order valence-electron chi connectivity index (χ0n) is 12.5. The molecule has 0 unspecified atom stereocenters.